The maximum absolute atomic E-state index is 14.1. The summed E-state index contributed by atoms with van der Waals surface area (Å²) in [5.74, 6) is -0.901. The molecular formula is C18H15ClFN3O2. The van der Waals surface area contributed by atoms with Gasteiger partial charge in [0.1, 0.15) is 17.2 Å². The lowest BCUT2D eigenvalue weighted by Crippen LogP contribution is -2.28. The SMILES string of the molecule is CNC(=O)c1c(C)ccc2nc(Cc3cccc(Cl)c3F)cc(=O)n12. The van der Waals surface area contributed by atoms with E-state index in [2.05, 4.69) is 10.3 Å². The Morgan fingerprint density at radius 2 is 2.08 bits per heavy atom. The van der Waals surface area contributed by atoms with Crippen molar-refractivity contribution in [3.8, 4) is 0 Å². The van der Waals surface area contributed by atoms with Gasteiger partial charge in [-0.15, -0.1) is 0 Å². The first-order valence-electron chi connectivity index (χ1n) is 7.59. The molecule has 2 heterocycles. The van der Waals surface area contributed by atoms with Crippen molar-refractivity contribution in [1.82, 2.24) is 14.7 Å². The number of rotatable bonds is 3. The number of carbonyl (C=O) groups excluding carboxylic acids is 1. The molecule has 2 aromatic heterocycles. The van der Waals surface area contributed by atoms with E-state index in [0.717, 1.165) is 0 Å². The van der Waals surface area contributed by atoms with Gasteiger partial charge in [-0.1, -0.05) is 29.8 Å². The molecule has 1 aromatic carbocycles. The summed E-state index contributed by atoms with van der Waals surface area (Å²) in [5.41, 5.74) is 1.57. The van der Waals surface area contributed by atoms with Gasteiger partial charge in [-0.25, -0.2) is 9.37 Å². The lowest BCUT2D eigenvalue weighted by Gasteiger charge is -2.11. The van der Waals surface area contributed by atoms with Gasteiger partial charge < -0.3 is 5.32 Å². The molecule has 0 fully saturated rings. The van der Waals surface area contributed by atoms with Crippen molar-refractivity contribution in [1.29, 1.82) is 0 Å². The van der Waals surface area contributed by atoms with Gasteiger partial charge in [0.2, 0.25) is 0 Å². The van der Waals surface area contributed by atoms with Gasteiger partial charge in [0, 0.05) is 19.5 Å². The Kier molecular flexibility index (Phi) is 4.55. The lowest BCUT2D eigenvalue weighted by atomic mass is 10.1. The van der Waals surface area contributed by atoms with Crippen LogP contribution in [0.2, 0.25) is 5.02 Å². The number of fused-ring (bicyclic) bond motifs is 1. The molecular weight excluding hydrogens is 345 g/mol. The standard InChI is InChI=1S/C18H15ClFN3O2/c1-10-6-7-14-22-12(8-11-4-3-5-13(19)16(11)20)9-15(24)23(14)17(10)18(25)21-2/h3-7,9H,8H2,1-2H3,(H,21,25). The molecule has 0 aliphatic rings. The van der Waals surface area contributed by atoms with E-state index < -0.39 is 11.4 Å². The Bertz CT molecular complexity index is 1050. The molecule has 1 N–H and O–H groups in total. The summed E-state index contributed by atoms with van der Waals surface area (Å²) in [7, 11) is 1.50. The van der Waals surface area contributed by atoms with Crippen molar-refractivity contribution in [2.75, 3.05) is 7.05 Å². The molecule has 25 heavy (non-hydrogen) atoms. The zero-order valence-corrected chi connectivity index (χ0v) is 14.4. The molecule has 5 nitrogen and oxygen atoms in total. The van der Waals surface area contributed by atoms with Crippen LogP contribution < -0.4 is 10.9 Å². The Balaban J connectivity index is 2.15. The van der Waals surface area contributed by atoms with E-state index in [4.69, 9.17) is 11.6 Å². The predicted octanol–water partition coefficient (Wildman–Crippen LogP) is 2.75. The molecule has 0 aliphatic heterocycles. The van der Waals surface area contributed by atoms with E-state index in [0.29, 0.717) is 22.5 Å². The van der Waals surface area contributed by atoms with E-state index >= 15 is 0 Å². The van der Waals surface area contributed by atoms with E-state index in [1.165, 1.54) is 23.6 Å². The number of amides is 1. The number of nitrogens with one attached hydrogen (secondary N) is 1. The molecule has 0 bridgehead atoms. The van der Waals surface area contributed by atoms with Gasteiger partial charge in [0.15, 0.2) is 0 Å². The lowest BCUT2D eigenvalue weighted by molar-refractivity contribution is 0.0955. The average molecular weight is 360 g/mol. The molecule has 0 unspecified atom stereocenters. The second kappa shape index (κ2) is 6.64. The molecule has 0 spiro atoms. The second-order valence-corrected chi connectivity index (χ2v) is 6.02. The van der Waals surface area contributed by atoms with Gasteiger partial charge in [0.05, 0.1) is 10.7 Å². The summed E-state index contributed by atoms with van der Waals surface area (Å²) >= 11 is 5.79. The molecule has 0 saturated heterocycles. The van der Waals surface area contributed by atoms with Crippen LogP contribution in [-0.2, 0) is 6.42 Å². The predicted molar refractivity (Wildman–Crippen MR) is 93.8 cm³/mol. The Morgan fingerprint density at radius 3 is 2.80 bits per heavy atom. The first kappa shape index (κ1) is 17.1. The number of aromatic nitrogens is 2. The molecule has 0 atom stereocenters. The number of hydrogen-bond donors (Lipinski definition) is 1. The Hall–Kier alpha value is -2.73. The number of halogens is 2. The smallest absolute Gasteiger partial charge is 0.268 e. The Labute approximate surface area is 148 Å². The van der Waals surface area contributed by atoms with Crippen LogP contribution in [-0.4, -0.2) is 22.3 Å². The number of nitrogens with zero attached hydrogens (tertiary/aromatic N) is 2. The second-order valence-electron chi connectivity index (χ2n) is 5.61. The van der Waals surface area contributed by atoms with Gasteiger partial charge in [-0.05, 0) is 30.2 Å². The quantitative estimate of drug-likeness (QED) is 0.782. The molecule has 0 saturated carbocycles. The van der Waals surface area contributed by atoms with Crippen LogP contribution in [0.15, 0.2) is 41.2 Å². The molecule has 3 aromatic rings. The Morgan fingerprint density at radius 1 is 1.32 bits per heavy atom. The van der Waals surface area contributed by atoms with Crippen LogP contribution in [0.3, 0.4) is 0 Å². The molecule has 0 radical (unpaired) electrons. The minimum absolute atomic E-state index is 0.0209. The summed E-state index contributed by atoms with van der Waals surface area (Å²) in [4.78, 5) is 29.0. The van der Waals surface area contributed by atoms with E-state index in [9.17, 15) is 14.0 Å². The third-order valence-corrected chi connectivity index (χ3v) is 4.21. The zero-order chi connectivity index (χ0) is 18.1. The summed E-state index contributed by atoms with van der Waals surface area (Å²) < 4.78 is 15.3. The van der Waals surface area contributed by atoms with Gasteiger partial charge >= 0.3 is 0 Å². The molecule has 1 amide bonds. The normalized spacial score (nSPS) is 10.9. The summed E-state index contributed by atoms with van der Waals surface area (Å²) in [6, 6.07) is 9.37. The van der Waals surface area contributed by atoms with Gasteiger partial charge in [-0.3, -0.25) is 14.0 Å². The van der Waals surface area contributed by atoms with E-state index in [1.54, 1.807) is 31.2 Å². The van der Waals surface area contributed by atoms with E-state index in [1.807, 2.05) is 0 Å². The fourth-order valence-corrected chi connectivity index (χ4v) is 2.90. The van der Waals surface area contributed by atoms with Crippen LogP contribution in [0, 0.1) is 12.7 Å². The minimum Gasteiger partial charge on any atom is -0.354 e. The topological polar surface area (TPSA) is 63.5 Å². The number of hydrogen-bond acceptors (Lipinski definition) is 3. The number of benzene rings is 1. The minimum atomic E-state index is -0.527. The van der Waals surface area contributed by atoms with Gasteiger partial charge in [-0.2, -0.15) is 0 Å². The van der Waals surface area contributed by atoms with Crippen LogP contribution >= 0.6 is 11.6 Å². The largest absolute Gasteiger partial charge is 0.354 e. The molecule has 3 rings (SSSR count). The monoisotopic (exact) mass is 359 g/mol. The number of pyridine rings is 1. The third-order valence-electron chi connectivity index (χ3n) is 3.92. The average Bonchev–Trinajstić information content (AvgIpc) is 2.59. The third kappa shape index (κ3) is 3.13. The summed E-state index contributed by atoms with van der Waals surface area (Å²) in [6.45, 7) is 1.74. The summed E-state index contributed by atoms with van der Waals surface area (Å²) in [5, 5.41) is 2.54. The summed E-state index contributed by atoms with van der Waals surface area (Å²) in [6.07, 6.45) is 0.126. The van der Waals surface area contributed by atoms with Crippen molar-refractivity contribution < 1.29 is 9.18 Å². The van der Waals surface area contributed by atoms with Crippen molar-refractivity contribution in [3.63, 3.8) is 0 Å². The van der Waals surface area contributed by atoms with Crippen LogP contribution in [0.4, 0.5) is 4.39 Å². The first-order chi connectivity index (χ1) is 11.9. The highest BCUT2D eigenvalue weighted by Crippen LogP contribution is 2.20. The van der Waals surface area contributed by atoms with Crippen LogP contribution in [0.25, 0.3) is 5.65 Å². The van der Waals surface area contributed by atoms with Crippen molar-refractivity contribution in [3.05, 3.63) is 80.1 Å². The van der Waals surface area contributed by atoms with Gasteiger partial charge in [0.25, 0.3) is 11.5 Å². The number of carbonyl (C=O) groups is 1. The maximum atomic E-state index is 14.1. The molecule has 128 valence electrons. The molecule has 7 heteroatoms. The fraction of sp³-hybridized carbons (Fsp3) is 0.167. The first-order valence-corrected chi connectivity index (χ1v) is 7.97. The zero-order valence-electron chi connectivity index (χ0n) is 13.6. The fourth-order valence-electron chi connectivity index (χ4n) is 2.71. The number of aryl methyl sites for hydroxylation is 1. The van der Waals surface area contributed by atoms with Crippen LogP contribution in [0.1, 0.15) is 27.3 Å². The highest BCUT2D eigenvalue weighted by molar-refractivity contribution is 6.30. The molecule has 0 aliphatic carbocycles. The van der Waals surface area contributed by atoms with Crippen molar-refractivity contribution >= 4 is 23.2 Å². The highest BCUT2D eigenvalue weighted by atomic mass is 35.5. The maximum Gasteiger partial charge on any atom is 0.268 e. The van der Waals surface area contributed by atoms with Crippen molar-refractivity contribution in [2.24, 2.45) is 0 Å². The van der Waals surface area contributed by atoms with E-state index in [-0.39, 0.29) is 23.0 Å². The van der Waals surface area contributed by atoms with Crippen LogP contribution in [0.5, 0.6) is 0 Å². The highest BCUT2D eigenvalue weighted by Gasteiger charge is 2.16. The van der Waals surface area contributed by atoms with Crippen molar-refractivity contribution in [2.45, 2.75) is 13.3 Å².